The highest BCUT2D eigenvalue weighted by Crippen LogP contribution is 2.32. The third-order valence-electron chi connectivity index (χ3n) is 3.33. The van der Waals surface area contributed by atoms with E-state index in [1.54, 1.807) is 0 Å². The number of benzene rings is 1. The van der Waals surface area contributed by atoms with Gasteiger partial charge in [-0.05, 0) is 50.4 Å². The van der Waals surface area contributed by atoms with Crippen LogP contribution in [0.1, 0.15) is 38.7 Å². The summed E-state index contributed by atoms with van der Waals surface area (Å²) in [5, 5.41) is 3.55. The Balaban J connectivity index is 1.76. The Morgan fingerprint density at radius 3 is 2.94 bits per heavy atom. The van der Waals surface area contributed by atoms with Crippen LogP contribution in [0, 0.1) is 0 Å². The lowest BCUT2D eigenvalue weighted by molar-refractivity contribution is 0.174. The lowest BCUT2D eigenvalue weighted by Crippen LogP contribution is -2.27. The lowest BCUT2D eigenvalue weighted by Gasteiger charge is -2.13. The predicted molar refractivity (Wildman–Crippen MR) is 73.3 cm³/mol. The van der Waals surface area contributed by atoms with Crippen LogP contribution in [-0.2, 0) is 6.42 Å². The van der Waals surface area contributed by atoms with Gasteiger partial charge >= 0.3 is 0 Å². The number of nitrogens with one attached hydrogen (secondary N) is 1. The lowest BCUT2D eigenvalue weighted by atomic mass is 10.1. The molecule has 1 unspecified atom stereocenters. The van der Waals surface area contributed by atoms with E-state index in [1.807, 2.05) is 6.07 Å². The van der Waals surface area contributed by atoms with Crippen LogP contribution in [0.25, 0.3) is 0 Å². The van der Waals surface area contributed by atoms with Gasteiger partial charge in [-0.2, -0.15) is 0 Å². The fourth-order valence-corrected chi connectivity index (χ4v) is 2.11. The SMILES string of the molecule is CCCCNC(C)CCc1ccc2c(c1)OCO2. The molecule has 2 rings (SSSR count). The highest BCUT2D eigenvalue weighted by atomic mass is 16.7. The van der Waals surface area contributed by atoms with Gasteiger partial charge in [-0.15, -0.1) is 0 Å². The van der Waals surface area contributed by atoms with Crippen LogP contribution in [0.4, 0.5) is 0 Å². The first-order valence-corrected chi connectivity index (χ1v) is 6.91. The van der Waals surface area contributed by atoms with E-state index in [9.17, 15) is 0 Å². The average molecular weight is 249 g/mol. The number of hydrogen-bond donors (Lipinski definition) is 1. The second kappa shape index (κ2) is 6.64. The Kier molecular flexibility index (Phi) is 4.88. The van der Waals surface area contributed by atoms with Gasteiger partial charge in [0.1, 0.15) is 0 Å². The standard InChI is InChI=1S/C15H23NO2/c1-3-4-9-16-12(2)5-6-13-7-8-14-15(10-13)18-11-17-14/h7-8,10,12,16H,3-6,9,11H2,1-2H3. The Labute approximate surface area is 109 Å². The minimum Gasteiger partial charge on any atom is -0.454 e. The van der Waals surface area contributed by atoms with E-state index in [-0.39, 0.29) is 0 Å². The Morgan fingerprint density at radius 2 is 2.11 bits per heavy atom. The molecule has 0 aliphatic carbocycles. The number of hydrogen-bond acceptors (Lipinski definition) is 3. The van der Waals surface area contributed by atoms with Crippen molar-refractivity contribution in [2.24, 2.45) is 0 Å². The number of fused-ring (bicyclic) bond motifs is 1. The molecule has 0 amide bonds. The minimum atomic E-state index is 0.355. The maximum Gasteiger partial charge on any atom is 0.231 e. The second-order valence-corrected chi connectivity index (χ2v) is 4.94. The third-order valence-corrected chi connectivity index (χ3v) is 3.33. The molecule has 0 saturated carbocycles. The van der Waals surface area contributed by atoms with Crippen molar-refractivity contribution >= 4 is 0 Å². The van der Waals surface area contributed by atoms with Crippen LogP contribution in [-0.4, -0.2) is 19.4 Å². The van der Waals surface area contributed by atoms with E-state index in [4.69, 9.17) is 9.47 Å². The molecule has 0 aromatic heterocycles. The van der Waals surface area contributed by atoms with Crippen LogP contribution in [0.2, 0.25) is 0 Å². The highest BCUT2D eigenvalue weighted by Gasteiger charge is 2.13. The molecule has 1 aromatic rings. The van der Waals surface area contributed by atoms with Crippen LogP contribution in [0.3, 0.4) is 0 Å². The molecule has 0 radical (unpaired) electrons. The molecule has 1 aliphatic rings. The molecule has 1 atom stereocenters. The summed E-state index contributed by atoms with van der Waals surface area (Å²) in [5.74, 6) is 1.76. The summed E-state index contributed by atoms with van der Waals surface area (Å²) in [5.41, 5.74) is 1.32. The van der Waals surface area contributed by atoms with Gasteiger partial charge in [0.25, 0.3) is 0 Å². The van der Waals surface area contributed by atoms with E-state index in [1.165, 1.54) is 18.4 Å². The molecule has 1 aromatic carbocycles. The van der Waals surface area contributed by atoms with Gasteiger partial charge in [-0.1, -0.05) is 19.4 Å². The number of rotatable bonds is 7. The normalized spacial score (nSPS) is 14.8. The van der Waals surface area contributed by atoms with Gasteiger partial charge in [-0.25, -0.2) is 0 Å². The molecular weight excluding hydrogens is 226 g/mol. The van der Waals surface area contributed by atoms with E-state index < -0.39 is 0 Å². The molecule has 1 heterocycles. The second-order valence-electron chi connectivity index (χ2n) is 4.94. The first kappa shape index (κ1) is 13.2. The van der Waals surface area contributed by atoms with Crippen molar-refractivity contribution < 1.29 is 9.47 Å². The first-order chi connectivity index (χ1) is 8.79. The summed E-state index contributed by atoms with van der Waals surface area (Å²) in [6, 6.07) is 6.81. The van der Waals surface area contributed by atoms with Crippen LogP contribution < -0.4 is 14.8 Å². The van der Waals surface area contributed by atoms with Crippen LogP contribution in [0.15, 0.2) is 18.2 Å². The zero-order chi connectivity index (χ0) is 12.8. The number of aryl methyl sites for hydroxylation is 1. The van der Waals surface area contributed by atoms with Gasteiger partial charge in [0.05, 0.1) is 0 Å². The molecule has 3 heteroatoms. The summed E-state index contributed by atoms with van der Waals surface area (Å²) >= 11 is 0. The molecule has 1 N–H and O–H groups in total. The smallest absolute Gasteiger partial charge is 0.231 e. The summed E-state index contributed by atoms with van der Waals surface area (Å²) in [4.78, 5) is 0. The molecule has 18 heavy (non-hydrogen) atoms. The molecule has 0 fully saturated rings. The Morgan fingerprint density at radius 1 is 1.28 bits per heavy atom. The van der Waals surface area contributed by atoms with Crippen LogP contribution in [0.5, 0.6) is 11.5 Å². The zero-order valence-corrected chi connectivity index (χ0v) is 11.4. The van der Waals surface area contributed by atoms with Gasteiger partial charge in [0.2, 0.25) is 6.79 Å². The van der Waals surface area contributed by atoms with Gasteiger partial charge < -0.3 is 14.8 Å². The monoisotopic (exact) mass is 249 g/mol. The number of ether oxygens (including phenoxy) is 2. The largest absolute Gasteiger partial charge is 0.454 e. The van der Waals surface area contributed by atoms with Crippen molar-refractivity contribution in [2.45, 2.75) is 45.6 Å². The maximum atomic E-state index is 5.39. The fourth-order valence-electron chi connectivity index (χ4n) is 2.11. The van der Waals surface area contributed by atoms with Crippen molar-refractivity contribution in [1.29, 1.82) is 0 Å². The average Bonchev–Trinajstić information content (AvgIpc) is 2.84. The predicted octanol–water partition coefficient (Wildman–Crippen LogP) is 3.13. The molecule has 1 aliphatic heterocycles. The van der Waals surface area contributed by atoms with Crippen molar-refractivity contribution in [3.05, 3.63) is 23.8 Å². The zero-order valence-electron chi connectivity index (χ0n) is 11.4. The van der Waals surface area contributed by atoms with E-state index in [0.717, 1.165) is 30.9 Å². The number of unbranched alkanes of at least 4 members (excludes halogenated alkanes) is 1. The van der Waals surface area contributed by atoms with E-state index in [2.05, 4.69) is 31.3 Å². The summed E-state index contributed by atoms with van der Waals surface area (Å²) < 4.78 is 10.7. The van der Waals surface area contributed by atoms with E-state index in [0.29, 0.717) is 12.8 Å². The summed E-state index contributed by atoms with van der Waals surface area (Å²) in [7, 11) is 0. The van der Waals surface area contributed by atoms with Crippen molar-refractivity contribution in [2.75, 3.05) is 13.3 Å². The third kappa shape index (κ3) is 3.64. The topological polar surface area (TPSA) is 30.5 Å². The van der Waals surface area contributed by atoms with Gasteiger partial charge in [0.15, 0.2) is 11.5 Å². The van der Waals surface area contributed by atoms with Gasteiger partial charge in [0, 0.05) is 6.04 Å². The Hall–Kier alpha value is -1.22. The van der Waals surface area contributed by atoms with Crippen molar-refractivity contribution in [1.82, 2.24) is 5.32 Å². The summed E-state index contributed by atoms with van der Waals surface area (Å²) in [6.45, 7) is 5.95. The molecule has 100 valence electrons. The quantitative estimate of drug-likeness (QED) is 0.753. The van der Waals surface area contributed by atoms with Crippen molar-refractivity contribution in [3.8, 4) is 11.5 Å². The van der Waals surface area contributed by atoms with E-state index >= 15 is 0 Å². The molecule has 3 nitrogen and oxygen atoms in total. The summed E-state index contributed by atoms with van der Waals surface area (Å²) in [6.07, 6.45) is 4.75. The van der Waals surface area contributed by atoms with Crippen LogP contribution >= 0.6 is 0 Å². The highest BCUT2D eigenvalue weighted by molar-refractivity contribution is 5.44. The minimum absolute atomic E-state index is 0.355. The van der Waals surface area contributed by atoms with Crippen molar-refractivity contribution in [3.63, 3.8) is 0 Å². The molecule has 0 saturated heterocycles. The molecular formula is C15H23NO2. The Bertz CT molecular complexity index is 379. The van der Waals surface area contributed by atoms with Gasteiger partial charge in [-0.3, -0.25) is 0 Å². The molecule has 0 bridgehead atoms. The maximum absolute atomic E-state index is 5.39. The molecule has 0 spiro atoms. The first-order valence-electron chi connectivity index (χ1n) is 6.91. The fraction of sp³-hybridized carbons (Fsp3) is 0.600.